The van der Waals surface area contributed by atoms with Gasteiger partial charge in [-0.15, -0.1) is 0 Å². The molecule has 0 unspecified atom stereocenters. The molecule has 0 spiro atoms. The molecule has 22 heavy (non-hydrogen) atoms. The van der Waals surface area contributed by atoms with Gasteiger partial charge in [-0.1, -0.05) is 6.07 Å². The highest BCUT2D eigenvalue weighted by molar-refractivity contribution is 5.97. The largest absolute Gasteiger partial charge is 0.452 e. The first-order valence-electron chi connectivity index (χ1n) is 7.51. The Bertz CT molecular complexity index is 623. The van der Waals surface area contributed by atoms with E-state index in [1.54, 1.807) is 6.07 Å². The van der Waals surface area contributed by atoms with Crippen LogP contribution in [0.5, 0.6) is 0 Å². The molecule has 0 heterocycles. The van der Waals surface area contributed by atoms with Crippen molar-refractivity contribution in [3.05, 3.63) is 34.9 Å². The number of carbonyl (C=O) groups excluding carboxylic acids is 3. The van der Waals surface area contributed by atoms with Crippen LogP contribution in [-0.2, 0) is 22.4 Å². The van der Waals surface area contributed by atoms with Crippen LogP contribution in [0, 0.1) is 0 Å². The van der Waals surface area contributed by atoms with Crippen molar-refractivity contribution in [3.63, 3.8) is 0 Å². The van der Waals surface area contributed by atoms with E-state index in [2.05, 4.69) is 10.6 Å². The van der Waals surface area contributed by atoms with Gasteiger partial charge in [0.1, 0.15) is 0 Å². The quantitative estimate of drug-likeness (QED) is 0.822. The van der Waals surface area contributed by atoms with Crippen LogP contribution < -0.4 is 10.6 Å². The molecular weight excluding hydrogens is 284 g/mol. The van der Waals surface area contributed by atoms with E-state index < -0.39 is 24.5 Å². The van der Waals surface area contributed by atoms with Gasteiger partial charge in [0.2, 0.25) is 0 Å². The average Bonchev–Trinajstić information content (AvgIpc) is 3.17. The monoisotopic (exact) mass is 302 g/mol. The molecule has 3 rings (SSSR count). The van der Waals surface area contributed by atoms with Crippen LogP contribution in [-0.4, -0.2) is 30.6 Å². The number of benzene rings is 1. The molecule has 2 N–H and O–H groups in total. The van der Waals surface area contributed by atoms with Crippen molar-refractivity contribution in [2.45, 2.75) is 38.1 Å². The maximum absolute atomic E-state index is 11.9. The van der Waals surface area contributed by atoms with Gasteiger partial charge in [-0.25, -0.2) is 9.59 Å². The summed E-state index contributed by atoms with van der Waals surface area (Å²) < 4.78 is 4.94. The highest BCUT2D eigenvalue weighted by Crippen LogP contribution is 2.23. The van der Waals surface area contributed by atoms with Gasteiger partial charge in [-0.3, -0.25) is 10.1 Å². The first kappa shape index (κ1) is 14.6. The molecule has 0 radical (unpaired) electrons. The van der Waals surface area contributed by atoms with Crippen molar-refractivity contribution in [3.8, 4) is 0 Å². The minimum Gasteiger partial charge on any atom is -0.452 e. The van der Waals surface area contributed by atoms with Gasteiger partial charge in [0, 0.05) is 6.04 Å². The summed E-state index contributed by atoms with van der Waals surface area (Å²) >= 11 is 0. The highest BCUT2D eigenvalue weighted by atomic mass is 16.5. The summed E-state index contributed by atoms with van der Waals surface area (Å²) in [6.45, 7) is -0.464. The Kier molecular flexibility index (Phi) is 4.09. The van der Waals surface area contributed by atoms with Crippen LogP contribution in [0.3, 0.4) is 0 Å². The molecule has 1 saturated carbocycles. The lowest BCUT2D eigenvalue weighted by molar-refractivity contribution is -0.123. The third-order valence-corrected chi connectivity index (χ3v) is 3.83. The van der Waals surface area contributed by atoms with E-state index in [1.807, 2.05) is 12.1 Å². The Morgan fingerprint density at radius 2 is 1.91 bits per heavy atom. The Labute approximate surface area is 128 Å². The number of imide groups is 1. The molecule has 0 aliphatic heterocycles. The van der Waals surface area contributed by atoms with E-state index in [0.29, 0.717) is 5.56 Å². The smallest absolute Gasteiger partial charge is 0.338 e. The minimum atomic E-state index is -0.632. The van der Waals surface area contributed by atoms with Gasteiger partial charge in [0.05, 0.1) is 5.56 Å². The van der Waals surface area contributed by atoms with Crippen molar-refractivity contribution >= 4 is 17.9 Å². The second-order valence-electron chi connectivity index (χ2n) is 5.71. The Morgan fingerprint density at radius 3 is 2.68 bits per heavy atom. The Hall–Kier alpha value is -2.37. The van der Waals surface area contributed by atoms with E-state index in [0.717, 1.165) is 32.1 Å². The molecule has 0 aromatic heterocycles. The average molecular weight is 302 g/mol. The molecule has 2 aliphatic carbocycles. The number of fused-ring (bicyclic) bond motifs is 1. The lowest BCUT2D eigenvalue weighted by atomic mass is 10.1. The maximum Gasteiger partial charge on any atom is 0.338 e. The van der Waals surface area contributed by atoms with Crippen LogP contribution in [0.1, 0.15) is 40.7 Å². The van der Waals surface area contributed by atoms with E-state index in [-0.39, 0.29) is 6.04 Å². The number of esters is 1. The highest BCUT2D eigenvalue weighted by Gasteiger charge is 2.24. The van der Waals surface area contributed by atoms with E-state index in [9.17, 15) is 14.4 Å². The number of nitrogens with one attached hydrogen (secondary N) is 2. The molecule has 1 fully saturated rings. The standard InChI is InChI=1S/C16H18N2O4/c19-14(18-16(21)17-13-6-7-13)9-22-15(20)12-5-4-10-2-1-3-11(10)8-12/h4-5,8,13H,1-3,6-7,9H2,(H2,17,18,19,21). The number of amides is 3. The molecule has 1 aromatic carbocycles. The SMILES string of the molecule is O=C(COC(=O)c1ccc2c(c1)CCC2)NC(=O)NC1CC1. The third-order valence-electron chi connectivity index (χ3n) is 3.83. The molecule has 0 bridgehead atoms. The van der Waals surface area contributed by atoms with Gasteiger partial charge in [0.15, 0.2) is 6.61 Å². The lowest BCUT2D eigenvalue weighted by Gasteiger charge is -2.07. The van der Waals surface area contributed by atoms with Crippen LogP contribution in [0.4, 0.5) is 4.79 Å². The predicted molar refractivity (Wildman–Crippen MR) is 78.4 cm³/mol. The predicted octanol–water partition coefficient (Wildman–Crippen LogP) is 1.32. The molecule has 116 valence electrons. The lowest BCUT2D eigenvalue weighted by Crippen LogP contribution is -2.42. The summed E-state index contributed by atoms with van der Waals surface area (Å²) in [5.74, 6) is -1.18. The first-order valence-corrected chi connectivity index (χ1v) is 7.51. The van der Waals surface area contributed by atoms with E-state index in [4.69, 9.17) is 4.74 Å². The molecule has 1 aromatic rings. The first-order chi connectivity index (χ1) is 10.6. The zero-order valence-electron chi connectivity index (χ0n) is 12.2. The van der Waals surface area contributed by atoms with Gasteiger partial charge in [-0.2, -0.15) is 0 Å². The van der Waals surface area contributed by atoms with Gasteiger partial charge in [-0.05, 0) is 55.4 Å². The van der Waals surface area contributed by atoms with Gasteiger partial charge in [0.25, 0.3) is 5.91 Å². The molecule has 2 aliphatic rings. The third kappa shape index (κ3) is 3.63. The summed E-state index contributed by atoms with van der Waals surface area (Å²) in [6, 6.07) is 5.09. The number of ether oxygens (including phenoxy) is 1. The zero-order valence-corrected chi connectivity index (χ0v) is 12.2. The summed E-state index contributed by atoms with van der Waals surface area (Å²) in [4.78, 5) is 34.8. The maximum atomic E-state index is 11.9. The number of hydrogen-bond acceptors (Lipinski definition) is 4. The van der Waals surface area contributed by atoms with Crippen molar-refractivity contribution < 1.29 is 19.1 Å². The summed E-state index contributed by atoms with van der Waals surface area (Å²) in [5.41, 5.74) is 2.88. The fourth-order valence-electron chi connectivity index (χ4n) is 2.53. The Morgan fingerprint density at radius 1 is 1.14 bits per heavy atom. The second kappa shape index (κ2) is 6.17. The Balaban J connectivity index is 1.47. The molecule has 3 amide bonds. The molecule has 6 heteroatoms. The summed E-state index contributed by atoms with van der Waals surface area (Å²) in [5, 5.41) is 4.75. The fourth-order valence-corrected chi connectivity index (χ4v) is 2.53. The van der Waals surface area contributed by atoms with Crippen LogP contribution >= 0.6 is 0 Å². The van der Waals surface area contributed by atoms with Crippen LogP contribution in [0.2, 0.25) is 0 Å². The van der Waals surface area contributed by atoms with Crippen molar-refractivity contribution in [2.24, 2.45) is 0 Å². The van der Waals surface area contributed by atoms with Crippen molar-refractivity contribution in [1.29, 1.82) is 0 Å². The molecule has 0 saturated heterocycles. The summed E-state index contributed by atoms with van der Waals surface area (Å²) in [7, 11) is 0. The van der Waals surface area contributed by atoms with Crippen molar-refractivity contribution in [2.75, 3.05) is 6.61 Å². The fraction of sp³-hybridized carbons (Fsp3) is 0.438. The molecular formula is C16H18N2O4. The normalized spacial score (nSPS) is 15.8. The zero-order chi connectivity index (χ0) is 15.5. The van der Waals surface area contributed by atoms with Gasteiger partial charge < -0.3 is 10.1 Å². The number of urea groups is 1. The number of rotatable bonds is 4. The molecule has 6 nitrogen and oxygen atoms in total. The van der Waals surface area contributed by atoms with E-state index >= 15 is 0 Å². The molecule has 0 atom stereocenters. The number of carbonyl (C=O) groups is 3. The van der Waals surface area contributed by atoms with Crippen molar-refractivity contribution in [1.82, 2.24) is 10.6 Å². The topological polar surface area (TPSA) is 84.5 Å². The number of hydrogen-bond donors (Lipinski definition) is 2. The van der Waals surface area contributed by atoms with Crippen LogP contribution in [0.15, 0.2) is 18.2 Å². The second-order valence-corrected chi connectivity index (χ2v) is 5.71. The van der Waals surface area contributed by atoms with E-state index in [1.165, 1.54) is 11.1 Å². The summed E-state index contributed by atoms with van der Waals surface area (Å²) in [6.07, 6.45) is 5.00. The minimum absolute atomic E-state index is 0.168. The van der Waals surface area contributed by atoms with Crippen LogP contribution in [0.25, 0.3) is 0 Å². The van der Waals surface area contributed by atoms with Gasteiger partial charge >= 0.3 is 12.0 Å². The number of aryl methyl sites for hydroxylation is 2.